The van der Waals surface area contributed by atoms with E-state index in [2.05, 4.69) is 28.2 Å². The summed E-state index contributed by atoms with van der Waals surface area (Å²) < 4.78 is 2.19. The first-order valence-electron chi connectivity index (χ1n) is 6.88. The molecule has 21 heavy (non-hydrogen) atoms. The molecular weight excluding hydrogens is 368 g/mol. The van der Waals surface area contributed by atoms with Gasteiger partial charge in [-0.05, 0) is 43.7 Å². The normalized spacial score (nSPS) is 21.8. The summed E-state index contributed by atoms with van der Waals surface area (Å²) in [6, 6.07) is 5.92. The Labute approximate surface area is 140 Å². The van der Waals surface area contributed by atoms with Crippen molar-refractivity contribution in [3.8, 4) is 0 Å². The molecule has 2 heterocycles. The van der Waals surface area contributed by atoms with E-state index in [1.54, 1.807) is 0 Å². The highest BCUT2D eigenvalue weighted by molar-refractivity contribution is 9.10. The highest BCUT2D eigenvalue weighted by Gasteiger charge is 2.30. The summed E-state index contributed by atoms with van der Waals surface area (Å²) in [5.41, 5.74) is 6.73. The van der Waals surface area contributed by atoms with Gasteiger partial charge in [0.05, 0.1) is 5.69 Å². The number of rotatable bonds is 3. The summed E-state index contributed by atoms with van der Waals surface area (Å²) in [5.74, 6) is 1.13. The van der Waals surface area contributed by atoms with Crippen LogP contribution in [0.25, 0.3) is 10.1 Å². The Morgan fingerprint density at radius 3 is 3.05 bits per heavy atom. The molecule has 1 aliphatic heterocycles. The van der Waals surface area contributed by atoms with E-state index >= 15 is 0 Å². The molecule has 1 aromatic heterocycles. The Bertz CT molecular complexity index is 692. The average molecular weight is 385 g/mol. The third-order valence-electron chi connectivity index (χ3n) is 3.82. The molecule has 1 aromatic carbocycles. The maximum absolute atomic E-state index is 12.4. The van der Waals surface area contributed by atoms with Crippen molar-refractivity contribution in [2.24, 2.45) is 0 Å². The first-order valence-corrected chi connectivity index (χ1v) is 9.48. The standard InChI is InChI=1S/C15H17BrN2OS2/c1-15(5-2-6-20-15)8-18-14(19)13-12(17)10-7-9(16)3-4-11(10)21-13/h3-4,7H,2,5-6,8,17H2,1H3,(H,18,19). The van der Waals surface area contributed by atoms with Crippen LogP contribution in [-0.4, -0.2) is 23.0 Å². The Hall–Kier alpha value is -0.720. The van der Waals surface area contributed by atoms with Crippen molar-refractivity contribution in [1.29, 1.82) is 0 Å². The van der Waals surface area contributed by atoms with Crippen molar-refractivity contribution in [3.63, 3.8) is 0 Å². The van der Waals surface area contributed by atoms with E-state index in [4.69, 9.17) is 5.73 Å². The predicted molar refractivity (Wildman–Crippen MR) is 96.4 cm³/mol. The van der Waals surface area contributed by atoms with Gasteiger partial charge in [0.25, 0.3) is 5.91 Å². The second-order valence-electron chi connectivity index (χ2n) is 5.57. The summed E-state index contributed by atoms with van der Waals surface area (Å²) in [4.78, 5) is 13.0. The summed E-state index contributed by atoms with van der Waals surface area (Å²) in [7, 11) is 0. The van der Waals surface area contributed by atoms with E-state index in [-0.39, 0.29) is 10.7 Å². The number of carbonyl (C=O) groups excluding carboxylic acids is 1. The smallest absolute Gasteiger partial charge is 0.263 e. The van der Waals surface area contributed by atoms with Gasteiger partial charge in [0.15, 0.2) is 0 Å². The summed E-state index contributed by atoms with van der Waals surface area (Å²) >= 11 is 6.84. The van der Waals surface area contributed by atoms with Gasteiger partial charge in [-0.3, -0.25) is 4.79 Å². The van der Waals surface area contributed by atoms with Crippen LogP contribution in [0.15, 0.2) is 22.7 Å². The lowest BCUT2D eigenvalue weighted by molar-refractivity contribution is 0.0955. The molecule has 0 radical (unpaired) electrons. The average Bonchev–Trinajstić information content (AvgIpc) is 3.02. The Morgan fingerprint density at radius 1 is 1.52 bits per heavy atom. The third kappa shape index (κ3) is 3.07. The van der Waals surface area contributed by atoms with E-state index in [0.29, 0.717) is 17.1 Å². The number of fused-ring (bicyclic) bond motifs is 1. The van der Waals surface area contributed by atoms with E-state index in [9.17, 15) is 4.79 Å². The number of hydrogen-bond donors (Lipinski definition) is 2. The fourth-order valence-electron chi connectivity index (χ4n) is 2.58. The lowest BCUT2D eigenvalue weighted by Gasteiger charge is -2.22. The fourth-order valence-corrected chi connectivity index (χ4v) is 5.21. The minimum atomic E-state index is -0.0569. The molecule has 1 atom stereocenters. The molecule has 2 aromatic rings. The molecule has 0 spiro atoms. The second kappa shape index (κ2) is 5.82. The zero-order valence-electron chi connectivity index (χ0n) is 11.7. The van der Waals surface area contributed by atoms with Crippen LogP contribution in [0.4, 0.5) is 5.69 Å². The maximum Gasteiger partial charge on any atom is 0.263 e. The molecule has 1 amide bonds. The Morgan fingerprint density at radius 2 is 2.33 bits per heavy atom. The number of thioether (sulfide) groups is 1. The molecule has 0 bridgehead atoms. The molecule has 3 rings (SSSR count). The molecule has 1 unspecified atom stereocenters. The lowest BCUT2D eigenvalue weighted by atomic mass is 10.1. The summed E-state index contributed by atoms with van der Waals surface area (Å²) in [5, 5.41) is 4.00. The Kier molecular flexibility index (Phi) is 4.21. The molecular formula is C15H17BrN2OS2. The van der Waals surface area contributed by atoms with Gasteiger partial charge >= 0.3 is 0 Å². The van der Waals surface area contributed by atoms with Crippen LogP contribution in [0.1, 0.15) is 29.4 Å². The quantitative estimate of drug-likeness (QED) is 0.830. The van der Waals surface area contributed by atoms with E-state index in [1.165, 1.54) is 23.5 Å². The number of hydrogen-bond acceptors (Lipinski definition) is 4. The number of anilines is 1. The molecule has 1 saturated heterocycles. The number of carbonyl (C=O) groups is 1. The minimum Gasteiger partial charge on any atom is -0.397 e. The van der Waals surface area contributed by atoms with Crippen LogP contribution in [0.2, 0.25) is 0 Å². The van der Waals surface area contributed by atoms with Crippen molar-refractivity contribution in [2.45, 2.75) is 24.5 Å². The number of nitrogen functional groups attached to an aromatic ring is 1. The first-order chi connectivity index (χ1) is 9.98. The highest BCUT2D eigenvalue weighted by atomic mass is 79.9. The molecule has 1 fully saturated rings. The van der Waals surface area contributed by atoms with Crippen LogP contribution >= 0.6 is 39.0 Å². The molecule has 6 heteroatoms. The summed E-state index contributed by atoms with van der Waals surface area (Å²) in [6.45, 7) is 2.92. The van der Waals surface area contributed by atoms with Gasteiger partial charge in [-0.2, -0.15) is 11.8 Å². The number of nitrogens with two attached hydrogens (primary N) is 1. The topological polar surface area (TPSA) is 55.1 Å². The number of nitrogens with one attached hydrogen (secondary N) is 1. The Balaban J connectivity index is 1.80. The van der Waals surface area contributed by atoms with Crippen molar-refractivity contribution in [3.05, 3.63) is 27.5 Å². The third-order valence-corrected chi connectivity index (χ3v) is 7.03. The van der Waals surface area contributed by atoms with Gasteiger partial charge in [0.1, 0.15) is 4.88 Å². The van der Waals surface area contributed by atoms with Crippen molar-refractivity contribution in [1.82, 2.24) is 5.32 Å². The second-order valence-corrected chi connectivity index (χ2v) is 9.22. The predicted octanol–water partition coefficient (Wildman–Crippen LogP) is 4.26. The van der Waals surface area contributed by atoms with Crippen molar-refractivity contribution >= 4 is 60.7 Å². The highest BCUT2D eigenvalue weighted by Crippen LogP contribution is 2.38. The lowest BCUT2D eigenvalue weighted by Crippen LogP contribution is -2.36. The largest absolute Gasteiger partial charge is 0.397 e. The van der Waals surface area contributed by atoms with Gasteiger partial charge in [-0.15, -0.1) is 11.3 Å². The van der Waals surface area contributed by atoms with Crippen molar-refractivity contribution < 1.29 is 4.79 Å². The van der Waals surface area contributed by atoms with E-state index in [0.717, 1.165) is 21.0 Å². The number of benzene rings is 1. The molecule has 0 aliphatic carbocycles. The number of halogens is 1. The zero-order chi connectivity index (χ0) is 15.0. The molecule has 0 saturated carbocycles. The van der Waals surface area contributed by atoms with Crippen LogP contribution in [-0.2, 0) is 0 Å². The number of thiophene rings is 1. The van der Waals surface area contributed by atoms with Gasteiger partial charge < -0.3 is 11.1 Å². The van der Waals surface area contributed by atoms with Gasteiger partial charge in [-0.1, -0.05) is 15.9 Å². The van der Waals surface area contributed by atoms with E-state index < -0.39 is 0 Å². The monoisotopic (exact) mass is 384 g/mol. The van der Waals surface area contributed by atoms with Crippen LogP contribution in [0.5, 0.6) is 0 Å². The summed E-state index contributed by atoms with van der Waals surface area (Å²) in [6.07, 6.45) is 2.39. The fraction of sp³-hybridized carbons (Fsp3) is 0.400. The minimum absolute atomic E-state index is 0.0569. The van der Waals surface area contributed by atoms with Crippen LogP contribution in [0, 0.1) is 0 Å². The first kappa shape index (κ1) is 15.2. The SMILES string of the molecule is CC1(CNC(=O)c2sc3ccc(Br)cc3c2N)CCCS1. The zero-order valence-corrected chi connectivity index (χ0v) is 15.0. The molecule has 112 valence electrons. The van der Waals surface area contributed by atoms with Gasteiger partial charge in [-0.25, -0.2) is 0 Å². The van der Waals surface area contributed by atoms with Crippen LogP contribution < -0.4 is 11.1 Å². The van der Waals surface area contributed by atoms with Crippen LogP contribution in [0.3, 0.4) is 0 Å². The maximum atomic E-state index is 12.4. The molecule has 3 N–H and O–H groups in total. The van der Waals surface area contributed by atoms with Crippen molar-refractivity contribution in [2.75, 3.05) is 18.0 Å². The molecule has 1 aliphatic rings. The van der Waals surface area contributed by atoms with Gasteiger partial charge in [0, 0.05) is 25.9 Å². The molecule has 3 nitrogen and oxygen atoms in total. The van der Waals surface area contributed by atoms with Gasteiger partial charge in [0.2, 0.25) is 0 Å². The number of amides is 1. The van der Waals surface area contributed by atoms with E-state index in [1.807, 2.05) is 30.0 Å².